The lowest BCUT2D eigenvalue weighted by Gasteiger charge is -2.09. The second-order valence-corrected chi connectivity index (χ2v) is 5.34. The van der Waals surface area contributed by atoms with Gasteiger partial charge in [0.2, 0.25) is 6.39 Å². The highest BCUT2D eigenvalue weighted by Crippen LogP contribution is 2.28. The first-order valence-corrected chi connectivity index (χ1v) is 7.61. The van der Waals surface area contributed by atoms with E-state index in [-0.39, 0.29) is 12.0 Å². The first-order chi connectivity index (χ1) is 12.8. The monoisotopic (exact) mass is 346 g/mol. The highest BCUT2D eigenvalue weighted by molar-refractivity contribution is 5.89. The Balaban J connectivity index is 1.56. The van der Waals surface area contributed by atoms with Crippen LogP contribution in [-0.2, 0) is 0 Å². The van der Waals surface area contributed by atoms with Crippen molar-refractivity contribution in [2.45, 2.75) is 0 Å². The molecule has 26 heavy (non-hydrogen) atoms. The minimum Gasteiger partial charge on any atom is -0.424 e. The maximum atomic E-state index is 5.83. The van der Waals surface area contributed by atoms with Crippen molar-refractivity contribution in [3.05, 3.63) is 49.2 Å². The summed E-state index contributed by atoms with van der Waals surface area (Å²) in [7, 11) is 0. The van der Waals surface area contributed by atoms with Gasteiger partial charge in [0.25, 0.3) is 0 Å². The number of rotatable bonds is 4. The second-order valence-electron chi connectivity index (χ2n) is 5.34. The van der Waals surface area contributed by atoms with Gasteiger partial charge in [0.15, 0.2) is 0 Å². The van der Waals surface area contributed by atoms with Gasteiger partial charge in [0, 0.05) is 17.0 Å². The first-order valence-electron chi connectivity index (χ1n) is 7.61. The molecule has 0 aliphatic carbocycles. The predicted molar refractivity (Wildman–Crippen MR) is 91.1 cm³/mol. The van der Waals surface area contributed by atoms with Crippen molar-refractivity contribution >= 4 is 33.6 Å². The molecule has 0 unspecified atom stereocenters. The molecule has 0 radical (unpaired) electrons. The van der Waals surface area contributed by atoms with Gasteiger partial charge < -0.3 is 9.15 Å². The smallest absolute Gasteiger partial charge is 0.324 e. The predicted octanol–water partition coefficient (Wildman–Crippen LogP) is 2.82. The molecule has 126 valence electrons. The first kappa shape index (κ1) is 14.3. The highest BCUT2D eigenvalue weighted by atomic mass is 16.5. The molecule has 0 amide bonds. The molecule has 0 saturated heterocycles. The summed E-state index contributed by atoms with van der Waals surface area (Å²) in [6.45, 7) is 0. The number of pyridine rings is 1. The number of benzene rings is 1. The molecule has 10 nitrogen and oxygen atoms in total. The molecule has 4 aromatic heterocycles. The fraction of sp³-hybridized carbons (Fsp3) is 0. The number of ether oxygens (including phenoxy) is 1. The number of H-pyrrole nitrogens is 1. The van der Waals surface area contributed by atoms with Crippen LogP contribution in [0.25, 0.3) is 21.8 Å². The van der Waals surface area contributed by atoms with Crippen molar-refractivity contribution in [1.29, 1.82) is 0 Å². The van der Waals surface area contributed by atoms with Gasteiger partial charge in [-0.1, -0.05) is 5.10 Å². The molecule has 0 atom stereocenters. The van der Waals surface area contributed by atoms with Crippen LogP contribution in [0, 0.1) is 0 Å². The quantitative estimate of drug-likeness (QED) is 0.504. The summed E-state index contributed by atoms with van der Waals surface area (Å²) in [6.07, 6.45) is 6.22. The summed E-state index contributed by atoms with van der Waals surface area (Å²) in [5.74, 6) is 1.06. The molecule has 0 aliphatic heterocycles. The topological polar surface area (TPSA) is 128 Å². The number of aromatic amines is 1. The van der Waals surface area contributed by atoms with Crippen LogP contribution in [-0.4, -0.2) is 35.3 Å². The largest absolute Gasteiger partial charge is 0.424 e. The molecular weight excluding hydrogens is 336 g/mol. The number of aromatic nitrogens is 7. The SMILES string of the molecule is c1cc2c(Nc3nnco3)nc(Oc3ccc4[nH]ncc4c3)nc2cn1. The summed E-state index contributed by atoms with van der Waals surface area (Å²) in [4.78, 5) is 12.9. The Morgan fingerprint density at radius 3 is 3.04 bits per heavy atom. The number of nitrogens with zero attached hydrogens (tertiary/aromatic N) is 6. The molecule has 0 aliphatic rings. The Morgan fingerprint density at radius 1 is 1.12 bits per heavy atom. The van der Waals surface area contributed by atoms with E-state index in [0.29, 0.717) is 17.1 Å². The van der Waals surface area contributed by atoms with E-state index in [1.54, 1.807) is 24.7 Å². The molecule has 1 aromatic carbocycles. The molecule has 0 bridgehead atoms. The zero-order valence-electron chi connectivity index (χ0n) is 13.1. The Labute approximate surface area is 145 Å². The minimum absolute atomic E-state index is 0.162. The van der Waals surface area contributed by atoms with Crippen molar-refractivity contribution in [2.75, 3.05) is 5.32 Å². The standard InChI is InChI=1S/C16H10N8O2/c1-2-12-9(6-18-23-12)5-10(1)26-15-20-13-7-17-4-3-11(13)14(21-15)22-16-24-19-8-25-16/h1-8H,(H,18,23)(H,20,21,22,24). The van der Waals surface area contributed by atoms with Crippen LogP contribution in [0.4, 0.5) is 11.8 Å². The van der Waals surface area contributed by atoms with Crippen LogP contribution in [0.5, 0.6) is 11.8 Å². The fourth-order valence-corrected chi connectivity index (χ4v) is 2.52. The molecule has 0 spiro atoms. The highest BCUT2D eigenvalue weighted by Gasteiger charge is 2.12. The van der Waals surface area contributed by atoms with Crippen molar-refractivity contribution in [2.24, 2.45) is 0 Å². The van der Waals surface area contributed by atoms with E-state index < -0.39 is 0 Å². The van der Waals surface area contributed by atoms with E-state index in [2.05, 4.69) is 40.7 Å². The molecule has 4 heterocycles. The maximum Gasteiger partial charge on any atom is 0.324 e. The summed E-state index contributed by atoms with van der Waals surface area (Å²) in [5, 5.41) is 19.0. The van der Waals surface area contributed by atoms with Gasteiger partial charge in [-0.3, -0.25) is 15.4 Å². The molecule has 2 N–H and O–H groups in total. The number of nitrogens with one attached hydrogen (secondary N) is 2. The van der Waals surface area contributed by atoms with Crippen LogP contribution in [0.15, 0.2) is 53.7 Å². The van der Waals surface area contributed by atoms with E-state index in [9.17, 15) is 0 Å². The summed E-state index contributed by atoms with van der Waals surface area (Å²) in [6, 6.07) is 7.69. The molecule has 5 aromatic rings. The lowest BCUT2D eigenvalue weighted by atomic mass is 10.2. The van der Waals surface area contributed by atoms with Gasteiger partial charge in [-0.05, 0) is 24.3 Å². The Morgan fingerprint density at radius 2 is 2.12 bits per heavy atom. The Kier molecular flexibility index (Phi) is 3.17. The molecular formula is C16H10N8O2. The third-order valence-corrected chi connectivity index (χ3v) is 3.68. The van der Waals surface area contributed by atoms with Crippen molar-refractivity contribution < 1.29 is 9.15 Å². The number of hydrogen-bond donors (Lipinski definition) is 2. The van der Waals surface area contributed by atoms with Crippen molar-refractivity contribution in [1.82, 2.24) is 35.3 Å². The van der Waals surface area contributed by atoms with Gasteiger partial charge >= 0.3 is 12.0 Å². The van der Waals surface area contributed by atoms with E-state index in [4.69, 9.17) is 9.15 Å². The maximum absolute atomic E-state index is 5.83. The molecule has 10 heteroatoms. The average molecular weight is 346 g/mol. The number of fused-ring (bicyclic) bond motifs is 2. The van der Waals surface area contributed by atoms with E-state index in [1.165, 1.54) is 6.39 Å². The third kappa shape index (κ3) is 2.55. The zero-order chi connectivity index (χ0) is 17.3. The van der Waals surface area contributed by atoms with Crippen LogP contribution >= 0.6 is 0 Å². The van der Waals surface area contributed by atoms with Crippen LogP contribution in [0.3, 0.4) is 0 Å². The van der Waals surface area contributed by atoms with Crippen LogP contribution in [0.1, 0.15) is 0 Å². The summed E-state index contributed by atoms with van der Waals surface area (Å²) in [5.41, 5.74) is 1.53. The molecule has 0 fully saturated rings. The van der Waals surface area contributed by atoms with E-state index >= 15 is 0 Å². The molecule has 5 rings (SSSR count). The van der Waals surface area contributed by atoms with Crippen LogP contribution in [0.2, 0.25) is 0 Å². The number of anilines is 2. The van der Waals surface area contributed by atoms with Gasteiger partial charge in [0.1, 0.15) is 11.6 Å². The summed E-state index contributed by atoms with van der Waals surface area (Å²) >= 11 is 0. The van der Waals surface area contributed by atoms with Gasteiger partial charge in [0.05, 0.1) is 23.4 Å². The lowest BCUT2D eigenvalue weighted by molar-refractivity contribution is 0.445. The van der Waals surface area contributed by atoms with Crippen molar-refractivity contribution in [3.63, 3.8) is 0 Å². The minimum atomic E-state index is 0.162. The molecule has 0 saturated carbocycles. The van der Waals surface area contributed by atoms with Gasteiger partial charge in [-0.2, -0.15) is 15.1 Å². The van der Waals surface area contributed by atoms with Gasteiger partial charge in [-0.15, -0.1) is 5.10 Å². The second kappa shape index (κ2) is 5.77. The van der Waals surface area contributed by atoms with Crippen molar-refractivity contribution in [3.8, 4) is 11.8 Å². The Bertz CT molecular complexity index is 1200. The van der Waals surface area contributed by atoms with Gasteiger partial charge in [-0.25, -0.2) is 0 Å². The zero-order valence-corrected chi connectivity index (χ0v) is 13.1. The lowest BCUT2D eigenvalue weighted by Crippen LogP contribution is -2.00. The number of hydrogen-bond acceptors (Lipinski definition) is 9. The van der Waals surface area contributed by atoms with E-state index in [0.717, 1.165) is 16.3 Å². The fourth-order valence-electron chi connectivity index (χ4n) is 2.52. The van der Waals surface area contributed by atoms with E-state index in [1.807, 2.05) is 18.2 Å². The summed E-state index contributed by atoms with van der Waals surface area (Å²) < 4.78 is 10.9. The Hall–Kier alpha value is -4.08. The third-order valence-electron chi connectivity index (χ3n) is 3.68. The average Bonchev–Trinajstić information content (AvgIpc) is 3.33. The normalized spacial score (nSPS) is 11.1. The van der Waals surface area contributed by atoms with Crippen LogP contribution < -0.4 is 10.1 Å².